The van der Waals surface area contributed by atoms with Gasteiger partial charge in [0.15, 0.2) is 9.84 Å². The van der Waals surface area contributed by atoms with Gasteiger partial charge in [-0.1, -0.05) is 35.9 Å². The fraction of sp³-hybridized carbons (Fsp3) is 0.478. The van der Waals surface area contributed by atoms with Gasteiger partial charge in [-0.2, -0.15) is 0 Å². The van der Waals surface area contributed by atoms with Crippen molar-refractivity contribution in [3.05, 3.63) is 64.7 Å². The van der Waals surface area contributed by atoms with Gasteiger partial charge in [-0.25, -0.2) is 17.2 Å². The molecule has 2 aromatic carbocycles. The third-order valence-corrected chi connectivity index (χ3v) is 7.81. The van der Waals surface area contributed by atoms with E-state index in [1.165, 1.54) is 6.26 Å². The van der Waals surface area contributed by atoms with Crippen LogP contribution in [-0.4, -0.2) is 51.3 Å². The molecule has 0 aromatic heterocycles. The molecule has 0 unspecified atom stereocenters. The summed E-state index contributed by atoms with van der Waals surface area (Å²) in [6.45, 7) is 1.43. The molecule has 4 rings (SSSR count). The molecular weight excluding hydrogens is 444 g/mol. The van der Waals surface area contributed by atoms with Crippen molar-refractivity contribution >= 4 is 21.4 Å². The summed E-state index contributed by atoms with van der Waals surface area (Å²) in [6.07, 6.45) is 1.88. The van der Waals surface area contributed by atoms with Crippen LogP contribution in [0.4, 0.5) is 8.78 Å². The predicted molar refractivity (Wildman–Crippen MR) is 116 cm³/mol. The fourth-order valence-corrected chi connectivity index (χ4v) is 5.49. The minimum Gasteiger partial charge on any atom is -0.365 e. The number of benzene rings is 2. The number of aryl methyl sites for hydroxylation is 1. The molecule has 2 aliphatic rings. The first-order valence-corrected chi connectivity index (χ1v) is 12.6. The van der Waals surface area contributed by atoms with Crippen molar-refractivity contribution in [3.8, 4) is 0 Å². The van der Waals surface area contributed by atoms with Gasteiger partial charge in [0.25, 0.3) is 5.92 Å². The summed E-state index contributed by atoms with van der Waals surface area (Å²) in [7, 11) is -3.26. The average Bonchev–Trinajstić information content (AvgIpc) is 3.10. The second kappa shape index (κ2) is 8.43. The molecule has 0 bridgehead atoms. The van der Waals surface area contributed by atoms with Crippen LogP contribution >= 0.6 is 11.6 Å². The molecule has 0 saturated carbocycles. The zero-order valence-corrected chi connectivity index (χ0v) is 18.9. The lowest BCUT2D eigenvalue weighted by atomic mass is 9.72. The number of sulfone groups is 1. The molecule has 2 aromatic rings. The van der Waals surface area contributed by atoms with Crippen LogP contribution in [0.3, 0.4) is 0 Å². The lowest BCUT2D eigenvalue weighted by Crippen LogP contribution is -2.61. The van der Waals surface area contributed by atoms with Crippen LogP contribution < -0.4 is 0 Å². The number of halogens is 3. The maximum atomic E-state index is 14.4. The van der Waals surface area contributed by atoms with Crippen molar-refractivity contribution < 1.29 is 21.9 Å². The highest BCUT2D eigenvalue weighted by Gasteiger charge is 2.61. The molecule has 2 saturated heterocycles. The van der Waals surface area contributed by atoms with E-state index in [0.717, 1.165) is 17.7 Å². The van der Waals surface area contributed by atoms with E-state index in [1.807, 2.05) is 24.3 Å². The van der Waals surface area contributed by atoms with Gasteiger partial charge in [-0.15, -0.1) is 0 Å². The number of likely N-dealkylation sites (tertiary alicyclic amines) is 1. The fourth-order valence-electron chi connectivity index (χ4n) is 4.73. The quantitative estimate of drug-likeness (QED) is 0.594. The molecular formula is C23H26ClF2NO3S. The highest BCUT2D eigenvalue weighted by atomic mass is 35.5. The van der Waals surface area contributed by atoms with E-state index >= 15 is 0 Å². The average molecular weight is 470 g/mol. The molecule has 168 valence electrons. The van der Waals surface area contributed by atoms with E-state index in [9.17, 15) is 17.2 Å². The van der Waals surface area contributed by atoms with E-state index < -0.39 is 33.9 Å². The standard InChI is InChI=1S/C23H26ClF2NO3S/c1-31(28,29)20-8-4-17(5-9-20)10-11-22(21-23(25,26)16-30-21)12-13-27(15-22)14-18-2-6-19(24)7-3-18/h2-9,21H,10-16H2,1H3/t21-,22-/m1/s1. The molecule has 2 atom stereocenters. The zero-order chi connectivity index (χ0) is 22.3. The van der Waals surface area contributed by atoms with Crippen molar-refractivity contribution in [1.29, 1.82) is 0 Å². The number of hydrogen-bond donors (Lipinski definition) is 0. The van der Waals surface area contributed by atoms with Crippen molar-refractivity contribution in [1.82, 2.24) is 4.90 Å². The highest BCUT2D eigenvalue weighted by Crippen LogP contribution is 2.50. The number of alkyl halides is 2. The summed E-state index contributed by atoms with van der Waals surface area (Å²) in [5, 5.41) is 0.670. The molecule has 0 aliphatic carbocycles. The topological polar surface area (TPSA) is 46.6 Å². The van der Waals surface area contributed by atoms with Crippen LogP contribution in [0.5, 0.6) is 0 Å². The van der Waals surface area contributed by atoms with Gasteiger partial charge in [-0.05, 0) is 61.2 Å². The lowest BCUT2D eigenvalue weighted by molar-refractivity contribution is -0.301. The smallest absolute Gasteiger partial charge is 0.297 e. The van der Waals surface area contributed by atoms with E-state index in [1.54, 1.807) is 24.3 Å². The third-order valence-electron chi connectivity index (χ3n) is 6.43. The Kier molecular flexibility index (Phi) is 6.16. The summed E-state index contributed by atoms with van der Waals surface area (Å²) in [6, 6.07) is 14.3. The van der Waals surface area contributed by atoms with Crippen LogP contribution in [0.1, 0.15) is 24.0 Å². The molecule has 0 radical (unpaired) electrons. The van der Waals surface area contributed by atoms with Gasteiger partial charge in [0.2, 0.25) is 0 Å². The lowest BCUT2D eigenvalue weighted by Gasteiger charge is -2.48. The van der Waals surface area contributed by atoms with Gasteiger partial charge < -0.3 is 4.74 Å². The Balaban J connectivity index is 1.48. The molecule has 0 N–H and O–H groups in total. The Bertz CT molecular complexity index is 1030. The summed E-state index contributed by atoms with van der Waals surface area (Å²) >= 11 is 5.96. The van der Waals surface area contributed by atoms with Crippen molar-refractivity contribution in [2.45, 2.75) is 42.7 Å². The maximum absolute atomic E-state index is 14.4. The molecule has 0 amide bonds. The van der Waals surface area contributed by atoms with Gasteiger partial charge in [-0.3, -0.25) is 4.90 Å². The van der Waals surface area contributed by atoms with Crippen LogP contribution in [0.15, 0.2) is 53.4 Å². The van der Waals surface area contributed by atoms with Gasteiger partial charge in [0.05, 0.1) is 4.90 Å². The third kappa shape index (κ3) is 4.95. The van der Waals surface area contributed by atoms with Crippen LogP contribution in [0.2, 0.25) is 5.02 Å². The predicted octanol–water partition coefficient (Wildman–Crippen LogP) is 4.60. The van der Waals surface area contributed by atoms with Crippen LogP contribution in [0, 0.1) is 5.41 Å². The summed E-state index contributed by atoms with van der Waals surface area (Å²) in [4.78, 5) is 2.46. The largest absolute Gasteiger partial charge is 0.365 e. The Labute approximate surface area is 187 Å². The van der Waals surface area contributed by atoms with Crippen LogP contribution in [-0.2, 0) is 27.5 Å². The number of rotatable bonds is 7. The van der Waals surface area contributed by atoms with Gasteiger partial charge >= 0.3 is 0 Å². The molecule has 31 heavy (non-hydrogen) atoms. The first-order valence-electron chi connectivity index (χ1n) is 10.3. The highest BCUT2D eigenvalue weighted by molar-refractivity contribution is 7.90. The molecule has 2 heterocycles. The van der Waals surface area contributed by atoms with E-state index in [-0.39, 0.29) is 4.90 Å². The molecule has 0 spiro atoms. The van der Waals surface area contributed by atoms with Gasteiger partial charge in [0, 0.05) is 29.8 Å². The summed E-state index contributed by atoms with van der Waals surface area (Å²) < 4.78 is 57.5. The Morgan fingerprint density at radius 2 is 1.74 bits per heavy atom. The van der Waals surface area contributed by atoms with Crippen molar-refractivity contribution in [3.63, 3.8) is 0 Å². The first-order chi connectivity index (χ1) is 14.6. The summed E-state index contributed by atoms with van der Waals surface area (Å²) in [5.74, 6) is -2.81. The zero-order valence-electron chi connectivity index (χ0n) is 17.4. The molecule has 8 heteroatoms. The Morgan fingerprint density at radius 1 is 1.10 bits per heavy atom. The number of ether oxygens (including phenoxy) is 1. The Hall–Kier alpha value is -1.54. The molecule has 4 nitrogen and oxygen atoms in total. The monoisotopic (exact) mass is 469 g/mol. The van der Waals surface area contributed by atoms with Gasteiger partial charge in [0.1, 0.15) is 12.7 Å². The Morgan fingerprint density at radius 3 is 2.29 bits per heavy atom. The maximum Gasteiger partial charge on any atom is 0.297 e. The number of hydrogen-bond acceptors (Lipinski definition) is 4. The second-order valence-corrected chi connectivity index (χ2v) is 11.3. The normalized spacial score (nSPS) is 26.0. The first kappa shape index (κ1) is 22.6. The van der Waals surface area contributed by atoms with Crippen molar-refractivity contribution in [2.75, 3.05) is 26.0 Å². The minimum absolute atomic E-state index is 0.259. The molecule has 2 fully saturated rings. The van der Waals surface area contributed by atoms with E-state index in [2.05, 4.69) is 4.90 Å². The number of nitrogens with zero attached hydrogens (tertiary/aromatic N) is 1. The van der Waals surface area contributed by atoms with Crippen molar-refractivity contribution in [2.24, 2.45) is 5.41 Å². The minimum atomic E-state index is -3.26. The summed E-state index contributed by atoms with van der Waals surface area (Å²) in [5.41, 5.74) is 1.40. The molecule has 2 aliphatic heterocycles. The van der Waals surface area contributed by atoms with Crippen LogP contribution in [0.25, 0.3) is 0 Å². The second-order valence-electron chi connectivity index (χ2n) is 8.82. The van der Waals surface area contributed by atoms with E-state index in [0.29, 0.717) is 37.4 Å². The van der Waals surface area contributed by atoms with E-state index in [4.69, 9.17) is 16.3 Å². The SMILES string of the molecule is CS(=O)(=O)c1ccc(CC[C@@]2([C@H]3OCC3(F)F)CCN(Cc3ccc(Cl)cc3)C2)cc1.